The maximum absolute atomic E-state index is 14.6. The third kappa shape index (κ3) is 2.72. The molecule has 2 aromatic carbocycles. The zero-order valence-electron chi connectivity index (χ0n) is 14.7. The molecule has 3 heterocycles. The van der Waals surface area contributed by atoms with Gasteiger partial charge in [0.25, 0.3) is 0 Å². The van der Waals surface area contributed by atoms with E-state index in [9.17, 15) is 4.39 Å². The van der Waals surface area contributed by atoms with E-state index in [-0.39, 0.29) is 5.82 Å². The predicted octanol–water partition coefficient (Wildman–Crippen LogP) is 5.08. The third-order valence-electron chi connectivity index (χ3n) is 4.76. The molecule has 2 aromatic heterocycles. The Morgan fingerprint density at radius 2 is 1.79 bits per heavy atom. The van der Waals surface area contributed by atoms with Crippen LogP contribution >= 0.6 is 11.6 Å². The summed E-state index contributed by atoms with van der Waals surface area (Å²) in [5, 5.41) is 0.566. The first kappa shape index (κ1) is 16.8. The van der Waals surface area contributed by atoms with Crippen molar-refractivity contribution in [1.29, 1.82) is 0 Å². The van der Waals surface area contributed by atoms with Crippen molar-refractivity contribution >= 4 is 17.3 Å². The molecule has 4 nitrogen and oxygen atoms in total. The Morgan fingerprint density at radius 3 is 2.61 bits per heavy atom. The molecule has 0 saturated carbocycles. The molecule has 0 radical (unpaired) electrons. The Morgan fingerprint density at radius 1 is 0.929 bits per heavy atom. The van der Waals surface area contributed by atoms with Crippen LogP contribution in [-0.2, 0) is 6.54 Å². The fraction of sp³-hybridized carbons (Fsp3) is 0.0455. The van der Waals surface area contributed by atoms with Crippen molar-refractivity contribution in [2.24, 2.45) is 4.99 Å². The summed E-state index contributed by atoms with van der Waals surface area (Å²) in [6.07, 6.45) is 3.49. The van der Waals surface area contributed by atoms with Crippen molar-refractivity contribution in [1.82, 2.24) is 14.5 Å². The minimum absolute atomic E-state index is 0.318. The Bertz CT molecular complexity index is 1210. The van der Waals surface area contributed by atoms with Crippen LogP contribution in [0.2, 0.25) is 5.02 Å². The fourth-order valence-corrected chi connectivity index (χ4v) is 3.65. The smallest absolute Gasteiger partial charge is 0.132 e. The number of fused-ring (bicyclic) bond motifs is 3. The molecule has 0 bridgehead atoms. The summed E-state index contributed by atoms with van der Waals surface area (Å²) in [4.78, 5) is 13.8. The van der Waals surface area contributed by atoms with Gasteiger partial charge in [-0.3, -0.25) is 14.5 Å². The second-order valence-electron chi connectivity index (χ2n) is 6.43. The van der Waals surface area contributed by atoms with E-state index in [0.29, 0.717) is 22.8 Å². The highest BCUT2D eigenvalue weighted by atomic mass is 35.5. The maximum Gasteiger partial charge on any atom is 0.132 e. The van der Waals surface area contributed by atoms with Crippen LogP contribution in [0.5, 0.6) is 0 Å². The van der Waals surface area contributed by atoms with Crippen molar-refractivity contribution in [3.8, 4) is 17.1 Å². The van der Waals surface area contributed by atoms with Gasteiger partial charge in [0.2, 0.25) is 0 Å². The van der Waals surface area contributed by atoms with Crippen molar-refractivity contribution in [3.05, 3.63) is 101 Å². The number of rotatable bonds is 2. The molecule has 0 aliphatic carbocycles. The first-order chi connectivity index (χ1) is 13.7. The summed E-state index contributed by atoms with van der Waals surface area (Å²) in [6.45, 7) is 0.349. The quantitative estimate of drug-likeness (QED) is 0.480. The van der Waals surface area contributed by atoms with Crippen LogP contribution in [0, 0.1) is 5.82 Å². The minimum atomic E-state index is -0.318. The fourth-order valence-electron chi connectivity index (χ4n) is 3.48. The van der Waals surface area contributed by atoms with Crippen molar-refractivity contribution in [2.75, 3.05) is 0 Å². The number of aromatic nitrogens is 3. The van der Waals surface area contributed by atoms with E-state index >= 15 is 0 Å². The molecule has 5 rings (SSSR count). The molecule has 0 spiro atoms. The van der Waals surface area contributed by atoms with Gasteiger partial charge in [-0.2, -0.15) is 0 Å². The Balaban J connectivity index is 1.76. The highest BCUT2D eigenvalue weighted by Crippen LogP contribution is 2.31. The van der Waals surface area contributed by atoms with Gasteiger partial charge in [-0.05, 0) is 42.5 Å². The van der Waals surface area contributed by atoms with Gasteiger partial charge in [0, 0.05) is 22.3 Å². The number of benzene rings is 2. The zero-order chi connectivity index (χ0) is 19.1. The molecular formula is C22H14ClFN4. The average molecular weight is 389 g/mol. The standard InChI is InChI=1S/C22H14ClFN4/c23-14-8-9-19-16(11-14)21(15-5-1-2-6-17(15)24)26-12-20-22(27-13-28(19)20)18-7-3-4-10-25-18/h1-11,13H,12H2. The Labute approximate surface area is 166 Å². The third-order valence-corrected chi connectivity index (χ3v) is 5.00. The van der Waals surface area contributed by atoms with Crippen LogP contribution in [-0.4, -0.2) is 20.2 Å². The van der Waals surface area contributed by atoms with Gasteiger partial charge < -0.3 is 0 Å². The van der Waals surface area contributed by atoms with E-state index in [0.717, 1.165) is 28.3 Å². The largest absolute Gasteiger partial charge is 0.300 e. The van der Waals surface area contributed by atoms with Gasteiger partial charge in [-0.25, -0.2) is 9.37 Å². The molecule has 0 unspecified atom stereocenters. The van der Waals surface area contributed by atoms with E-state index in [2.05, 4.69) is 9.97 Å². The highest BCUT2D eigenvalue weighted by Gasteiger charge is 2.24. The number of halogens is 2. The van der Waals surface area contributed by atoms with Gasteiger partial charge in [0.1, 0.15) is 17.8 Å². The Hall–Kier alpha value is -3.31. The lowest BCUT2D eigenvalue weighted by molar-refractivity contribution is 0.625. The van der Waals surface area contributed by atoms with Gasteiger partial charge in [-0.15, -0.1) is 0 Å². The SMILES string of the molecule is Fc1ccccc1C1=NCc2c(-c3ccccn3)ncn2-c2ccc(Cl)cc21. The summed E-state index contributed by atoms with van der Waals surface area (Å²) in [5.41, 5.74) is 5.08. The highest BCUT2D eigenvalue weighted by molar-refractivity contribution is 6.31. The van der Waals surface area contributed by atoms with E-state index < -0.39 is 0 Å². The van der Waals surface area contributed by atoms with Crippen LogP contribution in [0.4, 0.5) is 4.39 Å². The molecule has 4 aromatic rings. The van der Waals surface area contributed by atoms with Crippen molar-refractivity contribution in [3.63, 3.8) is 0 Å². The molecular weight excluding hydrogens is 375 g/mol. The Kier molecular flexibility index (Phi) is 4.02. The lowest BCUT2D eigenvalue weighted by Crippen LogP contribution is -2.08. The van der Waals surface area contributed by atoms with Crippen LogP contribution < -0.4 is 0 Å². The molecule has 0 N–H and O–H groups in total. The van der Waals surface area contributed by atoms with Crippen LogP contribution in [0.3, 0.4) is 0 Å². The maximum atomic E-state index is 14.6. The van der Waals surface area contributed by atoms with Crippen molar-refractivity contribution in [2.45, 2.75) is 6.54 Å². The van der Waals surface area contributed by atoms with Gasteiger partial charge in [0.05, 0.1) is 29.3 Å². The molecule has 6 heteroatoms. The first-order valence-corrected chi connectivity index (χ1v) is 9.17. The second kappa shape index (κ2) is 6.69. The summed E-state index contributed by atoms with van der Waals surface area (Å²) < 4.78 is 16.5. The van der Waals surface area contributed by atoms with Crippen LogP contribution in [0.25, 0.3) is 17.1 Å². The molecule has 0 atom stereocenters. The van der Waals surface area contributed by atoms with Gasteiger partial charge >= 0.3 is 0 Å². The summed E-state index contributed by atoms with van der Waals surface area (Å²) in [7, 11) is 0. The average Bonchev–Trinajstić information content (AvgIpc) is 3.07. The lowest BCUT2D eigenvalue weighted by atomic mass is 10.00. The van der Waals surface area contributed by atoms with Gasteiger partial charge in [-0.1, -0.05) is 29.8 Å². The topological polar surface area (TPSA) is 43.1 Å². The molecule has 28 heavy (non-hydrogen) atoms. The van der Waals surface area contributed by atoms with Crippen molar-refractivity contribution < 1.29 is 4.39 Å². The van der Waals surface area contributed by atoms with E-state index in [1.54, 1.807) is 30.7 Å². The van der Waals surface area contributed by atoms with Crippen LogP contribution in [0.15, 0.2) is 78.2 Å². The molecule has 1 aliphatic rings. The lowest BCUT2D eigenvalue weighted by Gasteiger charge is -2.12. The van der Waals surface area contributed by atoms with E-state index in [4.69, 9.17) is 16.6 Å². The number of hydrogen-bond acceptors (Lipinski definition) is 3. The van der Waals surface area contributed by atoms with Gasteiger partial charge in [0.15, 0.2) is 0 Å². The second-order valence-corrected chi connectivity index (χ2v) is 6.87. The number of nitrogens with zero attached hydrogens (tertiary/aromatic N) is 4. The first-order valence-electron chi connectivity index (χ1n) is 8.79. The van der Waals surface area contributed by atoms with E-state index in [1.165, 1.54) is 6.07 Å². The number of imidazole rings is 1. The number of pyridine rings is 1. The molecule has 0 amide bonds. The summed E-state index contributed by atoms with van der Waals surface area (Å²) in [6, 6.07) is 17.9. The monoisotopic (exact) mass is 388 g/mol. The van der Waals surface area contributed by atoms with E-state index in [1.807, 2.05) is 41.0 Å². The molecule has 1 aliphatic heterocycles. The normalized spacial score (nSPS) is 12.7. The number of hydrogen-bond donors (Lipinski definition) is 0. The molecule has 0 saturated heterocycles. The van der Waals surface area contributed by atoms with Crippen LogP contribution in [0.1, 0.15) is 16.8 Å². The zero-order valence-corrected chi connectivity index (χ0v) is 15.4. The number of aliphatic imine (C=N–C) groups is 1. The molecule has 0 fully saturated rings. The molecule has 136 valence electrons. The summed E-state index contributed by atoms with van der Waals surface area (Å²) in [5.74, 6) is -0.318. The summed E-state index contributed by atoms with van der Waals surface area (Å²) >= 11 is 6.27. The minimum Gasteiger partial charge on any atom is -0.300 e. The predicted molar refractivity (Wildman–Crippen MR) is 108 cm³/mol.